The largest absolute Gasteiger partial charge is 0.387 e. The average molecular weight is 248 g/mol. The molecule has 0 radical (unpaired) electrons. The number of halogens is 2. The molecule has 0 aliphatic heterocycles. The van der Waals surface area contributed by atoms with Gasteiger partial charge in [0.25, 0.3) is 0 Å². The highest BCUT2D eigenvalue weighted by molar-refractivity contribution is 6.30. The Morgan fingerprint density at radius 1 is 1.56 bits per heavy atom. The first-order valence-electron chi connectivity index (χ1n) is 4.98. The molecule has 3 nitrogen and oxygen atoms in total. The maximum atomic E-state index is 13.1. The van der Waals surface area contributed by atoms with Crippen molar-refractivity contribution < 1.29 is 14.2 Å². The zero-order chi connectivity index (χ0) is 12.0. The molecule has 0 fully saturated rings. The van der Waals surface area contributed by atoms with Crippen molar-refractivity contribution in [2.24, 2.45) is 0 Å². The van der Waals surface area contributed by atoms with Gasteiger partial charge < -0.3 is 15.2 Å². The van der Waals surface area contributed by atoms with E-state index in [1.807, 2.05) is 0 Å². The van der Waals surface area contributed by atoms with Gasteiger partial charge >= 0.3 is 0 Å². The number of nitrogens with one attached hydrogen (secondary N) is 1. The van der Waals surface area contributed by atoms with E-state index >= 15 is 0 Å². The second kappa shape index (κ2) is 6.81. The van der Waals surface area contributed by atoms with Crippen LogP contribution in [-0.2, 0) is 4.74 Å². The summed E-state index contributed by atoms with van der Waals surface area (Å²) in [6.07, 6.45) is -0.747. The summed E-state index contributed by atoms with van der Waals surface area (Å²) in [7, 11) is 1.60. The number of ether oxygens (including phenoxy) is 1. The molecular formula is C11H15ClFNO2. The van der Waals surface area contributed by atoms with Crippen molar-refractivity contribution in [1.29, 1.82) is 0 Å². The highest BCUT2D eigenvalue weighted by Gasteiger charge is 2.09. The van der Waals surface area contributed by atoms with Crippen LogP contribution in [0.25, 0.3) is 0 Å². The summed E-state index contributed by atoms with van der Waals surface area (Å²) < 4.78 is 17.9. The first-order valence-corrected chi connectivity index (χ1v) is 5.35. The summed E-state index contributed by atoms with van der Waals surface area (Å²) in [5.74, 6) is -0.518. The molecule has 0 aliphatic rings. The number of aliphatic hydroxyl groups excluding tert-OH is 1. The van der Waals surface area contributed by atoms with Crippen molar-refractivity contribution in [2.75, 3.05) is 26.8 Å². The molecule has 5 heteroatoms. The molecule has 1 aromatic rings. The van der Waals surface area contributed by atoms with E-state index in [9.17, 15) is 9.50 Å². The fraction of sp³-hybridized carbons (Fsp3) is 0.455. The highest BCUT2D eigenvalue weighted by Crippen LogP contribution is 2.19. The Kier molecular flexibility index (Phi) is 5.69. The quantitative estimate of drug-likeness (QED) is 0.753. The summed E-state index contributed by atoms with van der Waals surface area (Å²) in [6.45, 7) is 1.57. The van der Waals surface area contributed by atoms with Gasteiger partial charge in [-0.3, -0.25) is 0 Å². The van der Waals surface area contributed by atoms with Gasteiger partial charge in [-0.05, 0) is 17.7 Å². The van der Waals surface area contributed by atoms with Crippen molar-refractivity contribution >= 4 is 11.6 Å². The number of methoxy groups -OCH3 is 1. The summed E-state index contributed by atoms with van der Waals surface area (Å²) in [6, 6.07) is 4.28. The molecule has 0 aromatic heterocycles. The molecule has 1 aromatic carbocycles. The molecule has 0 aliphatic carbocycles. The molecule has 0 spiro atoms. The Morgan fingerprint density at radius 3 is 2.94 bits per heavy atom. The maximum Gasteiger partial charge on any atom is 0.142 e. The smallest absolute Gasteiger partial charge is 0.142 e. The van der Waals surface area contributed by atoms with Crippen LogP contribution in [0.5, 0.6) is 0 Å². The zero-order valence-corrected chi connectivity index (χ0v) is 9.80. The third-order valence-corrected chi connectivity index (χ3v) is 2.46. The van der Waals surface area contributed by atoms with Gasteiger partial charge in [-0.2, -0.15) is 0 Å². The molecule has 0 heterocycles. The van der Waals surface area contributed by atoms with Crippen molar-refractivity contribution in [2.45, 2.75) is 6.10 Å². The lowest BCUT2D eigenvalue weighted by molar-refractivity contribution is 0.161. The van der Waals surface area contributed by atoms with Gasteiger partial charge in [-0.1, -0.05) is 17.7 Å². The summed E-state index contributed by atoms with van der Waals surface area (Å²) in [4.78, 5) is 0. The van der Waals surface area contributed by atoms with E-state index in [1.54, 1.807) is 13.2 Å². The monoisotopic (exact) mass is 247 g/mol. The Hall–Kier alpha value is -0.680. The molecule has 90 valence electrons. The van der Waals surface area contributed by atoms with Gasteiger partial charge in [0, 0.05) is 20.2 Å². The van der Waals surface area contributed by atoms with Gasteiger partial charge in [0.2, 0.25) is 0 Å². The second-order valence-electron chi connectivity index (χ2n) is 3.39. The maximum absolute atomic E-state index is 13.1. The molecule has 1 rings (SSSR count). The number of hydrogen-bond donors (Lipinski definition) is 2. The Balaban J connectivity index is 2.46. The van der Waals surface area contributed by atoms with Crippen LogP contribution in [-0.4, -0.2) is 31.9 Å². The van der Waals surface area contributed by atoms with Crippen LogP contribution in [0.4, 0.5) is 4.39 Å². The summed E-state index contributed by atoms with van der Waals surface area (Å²) in [5, 5.41) is 12.8. The summed E-state index contributed by atoms with van der Waals surface area (Å²) in [5.41, 5.74) is 0.506. The van der Waals surface area contributed by atoms with Gasteiger partial charge in [0.15, 0.2) is 0 Å². The Bertz CT molecular complexity index is 336. The lowest BCUT2D eigenvalue weighted by atomic mass is 10.1. The standard InChI is InChI=1S/C11H15ClFNO2/c1-16-5-4-14-7-11(15)8-2-3-9(12)10(13)6-8/h2-3,6,11,14-15H,4-5,7H2,1H3. The van der Waals surface area contributed by atoms with E-state index in [0.717, 1.165) is 0 Å². The van der Waals surface area contributed by atoms with Gasteiger partial charge in [0.05, 0.1) is 17.7 Å². The number of benzene rings is 1. The van der Waals surface area contributed by atoms with Crippen LogP contribution in [0.1, 0.15) is 11.7 Å². The van der Waals surface area contributed by atoms with Gasteiger partial charge in [-0.15, -0.1) is 0 Å². The van der Waals surface area contributed by atoms with E-state index in [0.29, 0.717) is 25.3 Å². The number of aliphatic hydroxyl groups is 1. The first-order chi connectivity index (χ1) is 7.65. The SMILES string of the molecule is COCCNCC(O)c1ccc(Cl)c(F)c1. The highest BCUT2D eigenvalue weighted by atomic mass is 35.5. The minimum absolute atomic E-state index is 0.0586. The lowest BCUT2D eigenvalue weighted by Crippen LogP contribution is -2.25. The third-order valence-electron chi connectivity index (χ3n) is 2.15. The van der Waals surface area contributed by atoms with Gasteiger partial charge in [-0.25, -0.2) is 4.39 Å². The van der Waals surface area contributed by atoms with Gasteiger partial charge in [0.1, 0.15) is 5.82 Å². The van der Waals surface area contributed by atoms with E-state index in [4.69, 9.17) is 16.3 Å². The predicted octanol–water partition coefficient (Wildman–Crippen LogP) is 1.75. The fourth-order valence-corrected chi connectivity index (χ4v) is 1.37. The van der Waals surface area contributed by atoms with E-state index in [2.05, 4.69) is 5.32 Å². The Morgan fingerprint density at radius 2 is 2.31 bits per heavy atom. The van der Waals surface area contributed by atoms with Crippen LogP contribution in [0, 0.1) is 5.82 Å². The first kappa shape index (κ1) is 13.4. The molecule has 1 unspecified atom stereocenters. The lowest BCUT2D eigenvalue weighted by Gasteiger charge is -2.12. The molecule has 0 saturated carbocycles. The van der Waals surface area contributed by atoms with Crippen molar-refractivity contribution in [1.82, 2.24) is 5.32 Å². The minimum Gasteiger partial charge on any atom is -0.387 e. The normalized spacial score (nSPS) is 12.8. The number of rotatable bonds is 6. The summed E-state index contributed by atoms with van der Waals surface area (Å²) >= 11 is 5.54. The van der Waals surface area contributed by atoms with E-state index in [-0.39, 0.29) is 5.02 Å². The second-order valence-corrected chi connectivity index (χ2v) is 3.79. The molecule has 16 heavy (non-hydrogen) atoms. The van der Waals surface area contributed by atoms with E-state index in [1.165, 1.54) is 12.1 Å². The topological polar surface area (TPSA) is 41.5 Å². The third kappa shape index (κ3) is 4.06. The van der Waals surface area contributed by atoms with E-state index < -0.39 is 11.9 Å². The fourth-order valence-electron chi connectivity index (χ4n) is 1.25. The number of hydrogen-bond acceptors (Lipinski definition) is 3. The van der Waals surface area contributed by atoms with Crippen molar-refractivity contribution in [3.8, 4) is 0 Å². The molecule has 1 atom stereocenters. The van der Waals surface area contributed by atoms with Crippen molar-refractivity contribution in [3.63, 3.8) is 0 Å². The van der Waals surface area contributed by atoms with Crippen LogP contribution >= 0.6 is 11.6 Å². The van der Waals surface area contributed by atoms with Crippen molar-refractivity contribution in [3.05, 3.63) is 34.6 Å². The van der Waals surface area contributed by atoms with Crippen LogP contribution < -0.4 is 5.32 Å². The van der Waals surface area contributed by atoms with Crippen LogP contribution in [0.15, 0.2) is 18.2 Å². The molecule has 2 N–H and O–H groups in total. The molecule has 0 amide bonds. The van der Waals surface area contributed by atoms with Crippen LogP contribution in [0.3, 0.4) is 0 Å². The minimum atomic E-state index is -0.747. The Labute approximate surface area is 99.2 Å². The molecular weight excluding hydrogens is 233 g/mol. The predicted molar refractivity (Wildman–Crippen MR) is 61.1 cm³/mol. The van der Waals surface area contributed by atoms with Crippen LogP contribution in [0.2, 0.25) is 5.02 Å². The average Bonchev–Trinajstić information content (AvgIpc) is 2.28. The zero-order valence-electron chi connectivity index (χ0n) is 9.04. The molecule has 0 saturated heterocycles. The molecule has 0 bridgehead atoms.